The number of carboxylic acid groups (broad SMARTS) is 1. The minimum absolute atomic E-state index is 0.209. The molecule has 3 rings (SSSR count). The number of hydrogen-bond acceptors (Lipinski definition) is 4. The van der Waals surface area contributed by atoms with E-state index in [4.69, 9.17) is 9.15 Å². The van der Waals surface area contributed by atoms with Crippen LogP contribution in [0.1, 0.15) is 69.4 Å². The number of carboxylic acids is 1. The fourth-order valence-electron chi connectivity index (χ4n) is 3.91. The lowest BCUT2D eigenvalue weighted by molar-refractivity contribution is -0.147. The molecule has 0 aliphatic heterocycles. The van der Waals surface area contributed by atoms with Gasteiger partial charge in [0.2, 0.25) is 5.89 Å². The predicted molar refractivity (Wildman–Crippen MR) is 113 cm³/mol. The summed E-state index contributed by atoms with van der Waals surface area (Å²) in [6.45, 7) is 8.07. The lowest BCUT2D eigenvalue weighted by atomic mass is 9.79. The maximum atomic E-state index is 11.3. The molecule has 0 spiro atoms. The first-order valence-corrected chi connectivity index (χ1v) is 10.6. The van der Waals surface area contributed by atoms with Crippen molar-refractivity contribution in [1.82, 2.24) is 4.98 Å². The van der Waals surface area contributed by atoms with Gasteiger partial charge in [0.05, 0.1) is 18.1 Å². The molecule has 1 heterocycles. The van der Waals surface area contributed by atoms with E-state index < -0.39 is 11.4 Å². The quantitative estimate of drug-likeness (QED) is 0.596. The molecule has 1 aromatic carbocycles. The monoisotopic (exact) mass is 399 g/mol. The highest BCUT2D eigenvalue weighted by Gasteiger charge is 2.30. The number of oxazole rings is 1. The largest absolute Gasteiger partial charge is 0.481 e. The van der Waals surface area contributed by atoms with Crippen molar-refractivity contribution >= 4 is 5.97 Å². The molecule has 0 radical (unpaired) electrons. The second-order valence-corrected chi connectivity index (χ2v) is 9.08. The van der Waals surface area contributed by atoms with Crippen molar-refractivity contribution in [1.29, 1.82) is 0 Å². The van der Waals surface area contributed by atoms with Gasteiger partial charge in [-0.05, 0) is 71.4 Å². The Morgan fingerprint density at radius 2 is 1.97 bits per heavy atom. The van der Waals surface area contributed by atoms with Crippen LogP contribution in [0.15, 0.2) is 28.7 Å². The first kappa shape index (κ1) is 21.6. The Labute approximate surface area is 173 Å². The molecule has 5 nitrogen and oxygen atoms in total. The van der Waals surface area contributed by atoms with Gasteiger partial charge in [0.25, 0.3) is 0 Å². The SMILES string of the molecule is Cc1ccc(-c2nc(CO[C@@H]3CCC[C@H](CCC(C)(C)C(=O)O)C3)c(C)o2)cc1. The van der Waals surface area contributed by atoms with E-state index in [2.05, 4.69) is 24.0 Å². The summed E-state index contributed by atoms with van der Waals surface area (Å²) in [5, 5.41) is 9.32. The number of aliphatic carboxylic acids is 1. The minimum atomic E-state index is -0.716. The summed E-state index contributed by atoms with van der Waals surface area (Å²) in [6.07, 6.45) is 6.21. The van der Waals surface area contributed by atoms with Crippen LogP contribution in [0, 0.1) is 25.2 Å². The Kier molecular flexibility index (Phi) is 6.78. The van der Waals surface area contributed by atoms with E-state index in [9.17, 15) is 9.90 Å². The van der Waals surface area contributed by atoms with E-state index in [-0.39, 0.29) is 6.10 Å². The molecule has 158 valence electrons. The van der Waals surface area contributed by atoms with Gasteiger partial charge in [-0.25, -0.2) is 4.98 Å². The summed E-state index contributed by atoms with van der Waals surface area (Å²) in [4.78, 5) is 16.0. The summed E-state index contributed by atoms with van der Waals surface area (Å²) in [5.41, 5.74) is 2.38. The summed E-state index contributed by atoms with van der Waals surface area (Å²) in [7, 11) is 0. The number of benzene rings is 1. The third kappa shape index (κ3) is 5.69. The molecule has 0 saturated heterocycles. The molecule has 2 aromatic rings. The van der Waals surface area contributed by atoms with Crippen LogP contribution in [0.2, 0.25) is 0 Å². The van der Waals surface area contributed by atoms with Crippen LogP contribution >= 0.6 is 0 Å². The van der Waals surface area contributed by atoms with Crippen molar-refractivity contribution in [2.75, 3.05) is 0 Å². The van der Waals surface area contributed by atoms with E-state index in [1.54, 1.807) is 0 Å². The van der Waals surface area contributed by atoms with E-state index >= 15 is 0 Å². The van der Waals surface area contributed by atoms with Crippen molar-refractivity contribution in [2.24, 2.45) is 11.3 Å². The van der Waals surface area contributed by atoms with Gasteiger partial charge in [0, 0.05) is 5.56 Å². The van der Waals surface area contributed by atoms with Crippen molar-refractivity contribution < 1.29 is 19.1 Å². The lowest BCUT2D eigenvalue weighted by Gasteiger charge is -2.30. The second-order valence-electron chi connectivity index (χ2n) is 9.08. The highest BCUT2D eigenvalue weighted by molar-refractivity contribution is 5.73. The average molecular weight is 400 g/mol. The van der Waals surface area contributed by atoms with Gasteiger partial charge < -0.3 is 14.3 Å². The maximum absolute atomic E-state index is 11.3. The average Bonchev–Trinajstić information content (AvgIpc) is 3.06. The molecular weight excluding hydrogens is 366 g/mol. The first-order chi connectivity index (χ1) is 13.7. The molecule has 29 heavy (non-hydrogen) atoms. The number of aromatic nitrogens is 1. The number of hydrogen-bond donors (Lipinski definition) is 1. The molecule has 1 aromatic heterocycles. The van der Waals surface area contributed by atoms with E-state index in [0.29, 0.717) is 24.8 Å². The fraction of sp³-hybridized carbons (Fsp3) is 0.583. The minimum Gasteiger partial charge on any atom is -0.481 e. The molecule has 1 saturated carbocycles. The van der Waals surface area contributed by atoms with Crippen molar-refractivity contribution in [3.63, 3.8) is 0 Å². The number of carbonyl (C=O) groups is 1. The van der Waals surface area contributed by atoms with Crippen LogP contribution in [0.25, 0.3) is 11.5 Å². The molecule has 0 amide bonds. The molecule has 2 atom stereocenters. The Balaban J connectivity index is 1.53. The molecule has 0 bridgehead atoms. The molecule has 1 fully saturated rings. The maximum Gasteiger partial charge on any atom is 0.309 e. The van der Waals surface area contributed by atoms with Gasteiger partial charge >= 0.3 is 5.97 Å². The molecule has 1 aliphatic rings. The predicted octanol–water partition coefficient (Wildman–Crippen LogP) is 5.92. The number of rotatable bonds is 8. The number of ether oxygens (including phenoxy) is 1. The van der Waals surface area contributed by atoms with Gasteiger partial charge in [-0.2, -0.15) is 0 Å². The fourth-order valence-corrected chi connectivity index (χ4v) is 3.91. The van der Waals surface area contributed by atoms with Crippen molar-refractivity contribution in [3.05, 3.63) is 41.3 Å². The van der Waals surface area contributed by atoms with Crippen LogP contribution in [-0.4, -0.2) is 22.2 Å². The second kappa shape index (κ2) is 9.12. The Morgan fingerprint density at radius 3 is 2.66 bits per heavy atom. The zero-order chi connectivity index (χ0) is 21.0. The normalized spacial score (nSPS) is 20.0. The third-order valence-electron chi connectivity index (χ3n) is 6.14. The smallest absolute Gasteiger partial charge is 0.309 e. The molecule has 1 N–H and O–H groups in total. The highest BCUT2D eigenvalue weighted by Crippen LogP contribution is 2.34. The topological polar surface area (TPSA) is 72.6 Å². The van der Waals surface area contributed by atoms with Crippen molar-refractivity contribution in [2.45, 2.75) is 78.9 Å². The van der Waals surface area contributed by atoms with Gasteiger partial charge in [0.15, 0.2) is 0 Å². The standard InChI is InChI=1S/C24H33NO4/c1-16-8-10-19(11-9-16)22-25-21(17(2)29-22)15-28-20-7-5-6-18(14-20)12-13-24(3,4)23(26)27/h8-11,18,20H,5-7,12-15H2,1-4H3,(H,26,27)/t18-,20-/m1/s1. The van der Waals surface area contributed by atoms with Crippen LogP contribution in [-0.2, 0) is 16.1 Å². The Morgan fingerprint density at radius 1 is 1.24 bits per heavy atom. The van der Waals surface area contributed by atoms with Gasteiger partial charge in [-0.3, -0.25) is 4.79 Å². The zero-order valence-electron chi connectivity index (χ0n) is 18.0. The van der Waals surface area contributed by atoms with E-state index in [1.165, 1.54) is 5.56 Å². The summed E-state index contributed by atoms with van der Waals surface area (Å²) < 4.78 is 12.0. The van der Waals surface area contributed by atoms with Gasteiger partial charge in [0.1, 0.15) is 11.5 Å². The number of aryl methyl sites for hydroxylation is 2. The molecule has 1 aliphatic carbocycles. The van der Waals surface area contributed by atoms with Gasteiger partial charge in [-0.15, -0.1) is 0 Å². The molecule has 0 unspecified atom stereocenters. The Hall–Kier alpha value is -2.14. The highest BCUT2D eigenvalue weighted by atomic mass is 16.5. The van der Waals surface area contributed by atoms with Crippen LogP contribution < -0.4 is 0 Å². The van der Waals surface area contributed by atoms with E-state index in [1.807, 2.05) is 32.9 Å². The van der Waals surface area contributed by atoms with E-state index in [0.717, 1.165) is 49.1 Å². The first-order valence-electron chi connectivity index (χ1n) is 10.6. The third-order valence-corrected chi connectivity index (χ3v) is 6.14. The lowest BCUT2D eigenvalue weighted by Crippen LogP contribution is -2.27. The zero-order valence-corrected chi connectivity index (χ0v) is 18.0. The number of nitrogens with zero attached hydrogens (tertiary/aromatic N) is 1. The Bertz CT molecular complexity index is 822. The summed E-state index contributed by atoms with van der Waals surface area (Å²) in [5.74, 6) is 1.26. The molecule has 5 heteroatoms. The summed E-state index contributed by atoms with van der Waals surface area (Å²) in [6, 6.07) is 8.16. The van der Waals surface area contributed by atoms with Crippen LogP contribution in [0.3, 0.4) is 0 Å². The molecular formula is C24H33NO4. The van der Waals surface area contributed by atoms with Crippen molar-refractivity contribution in [3.8, 4) is 11.5 Å². The van der Waals surface area contributed by atoms with Crippen LogP contribution in [0.5, 0.6) is 0 Å². The summed E-state index contributed by atoms with van der Waals surface area (Å²) >= 11 is 0. The van der Waals surface area contributed by atoms with Crippen LogP contribution in [0.4, 0.5) is 0 Å². The van der Waals surface area contributed by atoms with Gasteiger partial charge in [-0.1, -0.05) is 30.5 Å².